The largest absolute Gasteiger partial charge is 0.497 e. The lowest BCUT2D eigenvalue weighted by Crippen LogP contribution is -2.27. The Hall–Kier alpha value is -2.82. The second-order valence-corrected chi connectivity index (χ2v) is 6.70. The number of ether oxygens (including phenoxy) is 1. The van der Waals surface area contributed by atoms with Crippen LogP contribution in [0.5, 0.6) is 5.75 Å². The smallest absolute Gasteiger partial charge is 0.251 e. The quantitative estimate of drug-likeness (QED) is 0.881. The molecule has 0 aliphatic carbocycles. The fourth-order valence-corrected chi connectivity index (χ4v) is 2.96. The molecule has 0 atom stereocenters. The Kier molecular flexibility index (Phi) is 4.49. The van der Waals surface area contributed by atoms with Gasteiger partial charge in [-0.15, -0.1) is 0 Å². The van der Waals surface area contributed by atoms with E-state index >= 15 is 0 Å². The summed E-state index contributed by atoms with van der Waals surface area (Å²) in [6.45, 7) is 4.36. The third-order valence-corrected chi connectivity index (χ3v) is 4.60. The van der Waals surface area contributed by atoms with Crippen LogP contribution in [-0.4, -0.2) is 25.5 Å². The number of carbonyl (C=O) groups is 2. The first-order chi connectivity index (χ1) is 11.9. The number of rotatable bonds is 5. The summed E-state index contributed by atoms with van der Waals surface area (Å²) in [7, 11) is 1.58. The maximum absolute atomic E-state index is 12.2. The van der Waals surface area contributed by atoms with Crippen molar-refractivity contribution in [3.63, 3.8) is 0 Å². The van der Waals surface area contributed by atoms with Gasteiger partial charge in [-0.3, -0.25) is 9.59 Å². The molecule has 0 spiro atoms. The highest BCUT2D eigenvalue weighted by Crippen LogP contribution is 2.37. The minimum Gasteiger partial charge on any atom is -0.497 e. The Balaban J connectivity index is 1.62. The molecule has 0 aromatic heterocycles. The van der Waals surface area contributed by atoms with Gasteiger partial charge >= 0.3 is 0 Å². The molecule has 1 aliphatic rings. The van der Waals surface area contributed by atoms with E-state index in [1.54, 1.807) is 31.4 Å². The van der Waals surface area contributed by atoms with E-state index in [1.165, 1.54) is 0 Å². The molecule has 1 aliphatic heterocycles. The van der Waals surface area contributed by atoms with Crippen LogP contribution in [0.15, 0.2) is 42.5 Å². The predicted molar refractivity (Wildman–Crippen MR) is 97.1 cm³/mol. The molecule has 0 unspecified atom stereocenters. The topological polar surface area (TPSA) is 67.4 Å². The molecule has 130 valence electrons. The highest BCUT2D eigenvalue weighted by atomic mass is 16.5. The van der Waals surface area contributed by atoms with E-state index in [1.807, 2.05) is 32.0 Å². The van der Waals surface area contributed by atoms with Gasteiger partial charge in [0.15, 0.2) is 0 Å². The first kappa shape index (κ1) is 17.0. The summed E-state index contributed by atoms with van der Waals surface area (Å²) < 4.78 is 5.14. The molecule has 5 nitrogen and oxygen atoms in total. The minimum atomic E-state index is -0.519. The second-order valence-electron chi connectivity index (χ2n) is 6.70. The van der Waals surface area contributed by atoms with Crippen LogP contribution < -0.4 is 15.4 Å². The van der Waals surface area contributed by atoms with E-state index in [0.29, 0.717) is 24.3 Å². The average Bonchev–Trinajstić information content (AvgIpc) is 2.84. The number of amides is 2. The first-order valence-corrected chi connectivity index (χ1v) is 8.29. The number of benzene rings is 2. The molecule has 0 saturated heterocycles. The number of carbonyl (C=O) groups excluding carboxylic acids is 2. The van der Waals surface area contributed by atoms with E-state index in [-0.39, 0.29) is 11.8 Å². The van der Waals surface area contributed by atoms with Gasteiger partial charge in [-0.05, 0) is 55.7 Å². The van der Waals surface area contributed by atoms with Crippen molar-refractivity contribution in [1.82, 2.24) is 5.32 Å². The van der Waals surface area contributed by atoms with Crippen LogP contribution in [0.2, 0.25) is 0 Å². The fraction of sp³-hybridized carbons (Fsp3) is 0.300. The number of fused-ring (bicyclic) bond motifs is 1. The van der Waals surface area contributed by atoms with Crippen molar-refractivity contribution < 1.29 is 14.3 Å². The molecule has 0 fully saturated rings. The molecule has 2 aromatic rings. The van der Waals surface area contributed by atoms with E-state index in [0.717, 1.165) is 16.8 Å². The molecule has 2 N–H and O–H groups in total. The summed E-state index contributed by atoms with van der Waals surface area (Å²) in [5.41, 5.74) is 3.03. The van der Waals surface area contributed by atoms with Crippen molar-refractivity contribution in [3.05, 3.63) is 59.2 Å². The van der Waals surface area contributed by atoms with Crippen LogP contribution >= 0.6 is 0 Å². The summed E-state index contributed by atoms with van der Waals surface area (Å²) in [5, 5.41) is 5.82. The van der Waals surface area contributed by atoms with Gasteiger partial charge in [0.1, 0.15) is 5.75 Å². The number of hydrogen-bond acceptors (Lipinski definition) is 3. The summed E-state index contributed by atoms with van der Waals surface area (Å²) in [4.78, 5) is 24.2. The SMILES string of the molecule is COc1cccc(C(=O)NCCc2ccc3c(c2)C(C)(C)C(=O)N3)c1. The Morgan fingerprint density at radius 2 is 2.00 bits per heavy atom. The first-order valence-electron chi connectivity index (χ1n) is 8.29. The van der Waals surface area contributed by atoms with Crippen LogP contribution in [0.3, 0.4) is 0 Å². The maximum atomic E-state index is 12.2. The van der Waals surface area contributed by atoms with Gasteiger partial charge in [0.05, 0.1) is 12.5 Å². The van der Waals surface area contributed by atoms with E-state index in [9.17, 15) is 9.59 Å². The Labute approximate surface area is 147 Å². The van der Waals surface area contributed by atoms with Crippen molar-refractivity contribution in [2.75, 3.05) is 19.0 Å². The van der Waals surface area contributed by atoms with E-state index in [2.05, 4.69) is 10.6 Å². The van der Waals surface area contributed by atoms with Crippen LogP contribution in [0.4, 0.5) is 5.69 Å². The van der Waals surface area contributed by atoms with Crippen molar-refractivity contribution in [1.29, 1.82) is 0 Å². The third kappa shape index (κ3) is 3.36. The normalized spacial score (nSPS) is 14.6. The Bertz CT molecular complexity index is 827. The van der Waals surface area contributed by atoms with Gasteiger partial charge in [-0.25, -0.2) is 0 Å². The lowest BCUT2D eigenvalue weighted by Gasteiger charge is -2.16. The lowest BCUT2D eigenvalue weighted by molar-refractivity contribution is -0.119. The van der Waals surface area contributed by atoms with Gasteiger partial charge in [0.25, 0.3) is 5.91 Å². The van der Waals surface area contributed by atoms with Gasteiger partial charge in [-0.1, -0.05) is 18.2 Å². The molecule has 0 bridgehead atoms. The van der Waals surface area contributed by atoms with E-state index in [4.69, 9.17) is 4.74 Å². The molecule has 2 amide bonds. The molecule has 5 heteroatoms. The second kappa shape index (κ2) is 6.59. The van der Waals surface area contributed by atoms with Crippen molar-refractivity contribution in [2.45, 2.75) is 25.7 Å². The monoisotopic (exact) mass is 338 g/mol. The van der Waals surface area contributed by atoms with Crippen LogP contribution in [0.1, 0.15) is 35.3 Å². The number of hydrogen-bond donors (Lipinski definition) is 2. The van der Waals surface area contributed by atoms with Crippen molar-refractivity contribution in [2.24, 2.45) is 0 Å². The standard InChI is InChI=1S/C20H22N2O3/c1-20(2)16-11-13(7-8-17(16)22-19(20)24)9-10-21-18(23)14-5-4-6-15(12-14)25-3/h4-8,11-12H,9-10H2,1-3H3,(H,21,23)(H,22,24). The summed E-state index contributed by atoms with van der Waals surface area (Å²) in [5.74, 6) is 0.550. The Morgan fingerprint density at radius 1 is 1.20 bits per heavy atom. The lowest BCUT2D eigenvalue weighted by atomic mass is 9.85. The summed E-state index contributed by atoms with van der Waals surface area (Å²) in [6, 6.07) is 13.0. The van der Waals surface area contributed by atoms with Crippen LogP contribution in [0.25, 0.3) is 0 Å². The fourth-order valence-electron chi connectivity index (χ4n) is 2.96. The third-order valence-electron chi connectivity index (χ3n) is 4.60. The average molecular weight is 338 g/mol. The zero-order valence-corrected chi connectivity index (χ0v) is 14.7. The highest BCUT2D eigenvalue weighted by Gasteiger charge is 2.38. The number of methoxy groups -OCH3 is 1. The summed E-state index contributed by atoms with van der Waals surface area (Å²) >= 11 is 0. The molecule has 1 heterocycles. The van der Waals surface area contributed by atoms with Crippen molar-refractivity contribution >= 4 is 17.5 Å². The van der Waals surface area contributed by atoms with E-state index < -0.39 is 5.41 Å². The molecular formula is C20H22N2O3. The van der Waals surface area contributed by atoms with Crippen molar-refractivity contribution in [3.8, 4) is 5.75 Å². The van der Waals surface area contributed by atoms with Crippen LogP contribution in [-0.2, 0) is 16.6 Å². The van der Waals surface area contributed by atoms with Gasteiger partial charge in [0.2, 0.25) is 5.91 Å². The molecular weight excluding hydrogens is 316 g/mol. The highest BCUT2D eigenvalue weighted by molar-refractivity contribution is 6.05. The molecule has 0 radical (unpaired) electrons. The van der Waals surface area contributed by atoms with Gasteiger partial charge in [0, 0.05) is 17.8 Å². The molecule has 3 rings (SSSR count). The molecule has 25 heavy (non-hydrogen) atoms. The van der Waals surface area contributed by atoms with Gasteiger partial charge in [-0.2, -0.15) is 0 Å². The number of anilines is 1. The molecule has 2 aromatic carbocycles. The van der Waals surface area contributed by atoms with Crippen LogP contribution in [0, 0.1) is 0 Å². The minimum absolute atomic E-state index is 0.0194. The maximum Gasteiger partial charge on any atom is 0.251 e. The predicted octanol–water partition coefficient (Wildman–Crippen LogP) is 2.90. The number of nitrogens with one attached hydrogen (secondary N) is 2. The Morgan fingerprint density at radius 3 is 2.76 bits per heavy atom. The zero-order chi connectivity index (χ0) is 18.0. The van der Waals surface area contributed by atoms with Gasteiger partial charge < -0.3 is 15.4 Å². The molecule has 0 saturated carbocycles. The zero-order valence-electron chi connectivity index (χ0n) is 14.7. The summed E-state index contributed by atoms with van der Waals surface area (Å²) in [6.07, 6.45) is 0.702.